The number of hydrogen-bond donors (Lipinski definition) is 0. The number of carbonyl (C=O) groups is 3. The third-order valence-corrected chi connectivity index (χ3v) is 6.97. The Labute approximate surface area is 197 Å². The van der Waals surface area contributed by atoms with Gasteiger partial charge < -0.3 is 14.5 Å². The number of likely N-dealkylation sites (tertiary alicyclic amines) is 1. The third-order valence-electron chi connectivity index (χ3n) is 6.23. The number of carbonyl (C=O) groups excluding carboxylic acids is 3. The van der Waals surface area contributed by atoms with Crippen LogP contribution in [-0.2, 0) is 9.59 Å². The molecule has 0 aliphatic carbocycles. The number of ketones is 1. The van der Waals surface area contributed by atoms with Gasteiger partial charge in [-0.3, -0.25) is 14.4 Å². The fourth-order valence-corrected chi connectivity index (χ4v) is 4.76. The summed E-state index contributed by atoms with van der Waals surface area (Å²) in [4.78, 5) is 42.0. The summed E-state index contributed by atoms with van der Waals surface area (Å²) in [5.74, 6) is -0.0420. The predicted octanol–water partition coefficient (Wildman–Crippen LogP) is 4.48. The fraction of sp³-hybridized carbons (Fsp3) is 0.375. The molecule has 2 amide bonds. The number of hydrogen-bond acceptors (Lipinski definition) is 4. The van der Waals surface area contributed by atoms with Gasteiger partial charge in [0.15, 0.2) is 5.78 Å². The van der Waals surface area contributed by atoms with Crippen molar-refractivity contribution in [1.82, 2.24) is 4.90 Å². The van der Waals surface area contributed by atoms with Crippen molar-refractivity contribution >= 4 is 46.5 Å². The molecule has 0 aromatic heterocycles. The molecule has 0 N–H and O–H groups in total. The Bertz CT molecular complexity index is 1050. The molecule has 2 saturated heterocycles. The van der Waals surface area contributed by atoms with Crippen molar-refractivity contribution in [3.05, 3.63) is 58.1 Å². The summed E-state index contributed by atoms with van der Waals surface area (Å²) in [7, 11) is 1.56. The fourth-order valence-electron chi connectivity index (χ4n) is 4.46. The number of amides is 2. The Morgan fingerprint density at radius 3 is 2.41 bits per heavy atom. The van der Waals surface area contributed by atoms with Crippen LogP contribution in [-0.4, -0.2) is 49.2 Å². The minimum atomic E-state index is -0.394. The van der Waals surface area contributed by atoms with Crippen LogP contribution in [0.15, 0.2) is 42.5 Å². The number of methoxy groups -OCH3 is 1. The van der Waals surface area contributed by atoms with Crippen molar-refractivity contribution in [3.63, 3.8) is 0 Å². The van der Waals surface area contributed by atoms with Crippen molar-refractivity contribution in [2.24, 2.45) is 11.8 Å². The summed E-state index contributed by atoms with van der Waals surface area (Å²) >= 11 is 12.0. The first kappa shape index (κ1) is 22.6. The molecule has 168 valence electrons. The highest BCUT2D eigenvalue weighted by atomic mass is 35.5. The molecule has 6 nitrogen and oxygen atoms in total. The van der Waals surface area contributed by atoms with E-state index in [1.807, 2.05) is 18.2 Å². The van der Waals surface area contributed by atoms with Gasteiger partial charge in [-0.15, -0.1) is 0 Å². The van der Waals surface area contributed by atoms with Crippen molar-refractivity contribution in [1.29, 1.82) is 0 Å². The second-order valence-electron chi connectivity index (χ2n) is 8.17. The molecule has 0 spiro atoms. The molecule has 2 fully saturated rings. The van der Waals surface area contributed by atoms with Crippen LogP contribution < -0.4 is 9.64 Å². The van der Waals surface area contributed by atoms with Crippen LogP contribution in [0.5, 0.6) is 5.75 Å². The van der Waals surface area contributed by atoms with Gasteiger partial charge in [-0.1, -0.05) is 35.3 Å². The van der Waals surface area contributed by atoms with Gasteiger partial charge in [-0.25, -0.2) is 0 Å². The van der Waals surface area contributed by atoms with E-state index in [2.05, 4.69) is 0 Å². The second kappa shape index (κ2) is 9.51. The Hall–Kier alpha value is -2.57. The monoisotopic (exact) mass is 474 g/mol. The molecular weight excluding hydrogens is 451 g/mol. The lowest BCUT2D eigenvalue weighted by Gasteiger charge is -2.33. The van der Waals surface area contributed by atoms with Gasteiger partial charge >= 0.3 is 0 Å². The SMILES string of the molecule is COc1ccccc1N1CC(C(=O)N2CCC(C(=O)c3ccc(Cl)c(Cl)c3)CC2)CC1=O. The summed E-state index contributed by atoms with van der Waals surface area (Å²) in [5.41, 5.74) is 1.22. The lowest BCUT2D eigenvalue weighted by Crippen LogP contribution is -2.43. The zero-order valence-corrected chi connectivity index (χ0v) is 19.2. The minimum absolute atomic E-state index is 0.0223. The molecule has 2 aliphatic heterocycles. The highest BCUT2D eigenvalue weighted by Gasteiger charge is 2.39. The third kappa shape index (κ3) is 4.48. The normalized spacial score (nSPS) is 19.3. The Kier molecular flexibility index (Phi) is 6.72. The summed E-state index contributed by atoms with van der Waals surface area (Å²) < 4.78 is 5.37. The van der Waals surface area contributed by atoms with E-state index < -0.39 is 5.92 Å². The highest BCUT2D eigenvalue weighted by molar-refractivity contribution is 6.42. The molecule has 2 heterocycles. The number of ether oxygens (including phenoxy) is 1. The van der Waals surface area contributed by atoms with Gasteiger partial charge in [0, 0.05) is 37.5 Å². The number of para-hydroxylation sites is 2. The standard InChI is InChI=1S/C24H24Cl2N2O4/c1-32-21-5-3-2-4-20(21)28-14-17(13-22(28)29)24(31)27-10-8-15(9-11-27)23(30)16-6-7-18(25)19(26)12-16/h2-7,12,15,17H,8-11,13-14H2,1H3. The van der Waals surface area contributed by atoms with Gasteiger partial charge in [0.25, 0.3) is 0 Å². The van der Waals surface area contributed by atoms with E-state index in [1.54, 1.807) is 41.2 Å². The van der Waals surface area contributed by atoms with Crippen LogP contribution in [0.4, 0.5) is 5.69 Å². The first-order chi connectivity index (χ1) is 15.4. The van der Waals surface area contributed by atoms with Gasteiger partial charge in [-0.05, 0) is 43.2 Å². The summed E-state index contributed by atoms with van der Waals surface area (Å²) in [6, 6.07) is 12.2. The number of anilines is 1. The topological polar surface area (TPSA) is 66.9 Å². The molecule has 4 rings (SSSR count). The van der Waals surface area contributed by atoms with Crippen LogP contribution in [0, 0.1) is 11.8 Å². The number of Topliss-reactive ketones (excluding diaryl/α,β-unsaturated/α-hetero) is 1. The first-order valence-electron chi connectivity index (χ1n) is 10.6. The van der Waals surface area contributed by atoms with Crippen molar-refractivity contribution in [2.45, 2.75) is 19.3 Å². The van der Waals surface area contributed by atoms with Crippen LogP contribution in [0.3, 0.4) is 0 Å². The van der Waals surface area contributed by atoms with E-state index in [0.717, 1.165) is 0 Å². The molecule has 0 bridgehead atoms. The van der Waals surface area contributed by atoms with E-state index in [0.29, 0.717) is 59.5 Å². The van der Waals surface area contributed by atoms with E-state index in [1.165, 1.54) is 0 Å². The second-order valence-corrected chi connectivity index (χ2v) is 8.98. The molecule has 8 heteroatoms. The maximum Gasteiger partial charge on any atom is 0.228 e. The zero-order valence-electron chi connectivity index (χ0n) is 17.7. The van der Waals surface area contributed by atoms with Gasteiger partial charge in [0.2, 0.25) is 11.8 Å². The molecular formula is C24H24Cl2N2O4. The summed E-state index contributed by atoms with van der Waals surface area (Å²) in [5, 5.41) is 0.771. The molecule has 0 radical (unpaired) electrons. The van der Waals surface area contributed by atoms with Crippen molar-refractivity contribution in [2.75, 3.05) is 31.6 Å². The number of rotatable bonds is 5. The largest absolute Gasteiger partial charge is 0.495 e. The molecule has 32 heavy (non-hydrogen) atoms. The van der Waals surface area contributed by atoms with Crippen molar-refractivity contribution in [3.8, 4) is 5.75 Å². The number of halogens is 2. The van der Waals surface area contributed by atoms with Crippen LogP contribution in [0.1, 0.15) is 29.6 Å². The minimum Gasteiger partial charge on any atom is -0.495 e. The number of benzene rings is 2. The van der Waals surface area contributed by atoms with Gasteiger partial charge in [-0.2, -0.15) is 0 Å². The molecule has 2 aromatic carbocycles. The highest BCUT2D eigenvalue weighted by Crippen LogP contribution is 2.34. The van der Waals surface area contributed by atoms with Crippen molar-refractivity contribution < 1.29 is 19.1 Å². The lowest BCUT2D eigenvalue weighted by molar-refractivity contribution is -0.137. The van der Waals surface area contributed by atoms with E-state index >= 15 is 0 Å². The van der Waals surface area contributed by atoms with Crippen LogP contribution in [0.2, 0.25) is 10.0 Å². The first-order valence-corrected chi connectivity index (χ1v) is 11.4. The molecule has 0 saturated carbocycles. The van der Waals surface area contributed by atoms with E-state index in [-0.39, 0.29) is 29.9 Å². The Morgan fingerprint density at radius 1 is 1.00 bits per heavy atom. The molecule has 1 atom stereocenters. The zero-order chi connectivity index (χ0) is 22.8. The summed E-state index contributed by atoms with van der Waals surface area (Å²) in [6.07, 6.45) is 1.35. The average molecular weight is 475 g/mol. The van der Waals surface area contributed by atoms with Gasteiger partial charge in [0.05, 0.1) is 28.8 Å². The average Bonchev–Trinajstić information content (AvgIpc) is 3.21. The van der Waals surface area contributed by atoms with E-state index in [4.69, 9.17) is 27.9 Å². The molecule has 2 aliphatic rings. The smallest absolute Gasteiger partial charge is 0.228 e. The molecule has 1 unspecified atom stereocenters. The summed E-state index contributed by atoms with van der Waals surface area (Å²) in [6.45, 7) is 1.33. The van der Waals surface area contributed by atoms with Gasteiger partial charge in [0.1, 0.15) is 5.75 Å². The maximum absolute atomic E-state index is 13.1. The Balaban J connectivity index is 1.37. The maximum atomic E-state index is 13.1. The quantitative estimate of drug-likeness (QED) is 0.599. The van der Waals surface area contributed by atoms with Crippen LogP contribution in [0.25, 0.3) is 0 Å². The van der Waals surface area contributed by atoms with Crippen LogP contribution >= 0.6 is 23.2 Å². The predicted molar refractivity (Wildman–Crippen MR) is 124 cm³/mol. The molecule has 2 aromatic rings. The lowest BCUT2D eigenvalue weighted by atomic mass is 9.88. The number of piperidine rings is 1. The number of nitrogens with zero attached hydrogens (tertiary/aromatic N) is 2. The van der Waals surface area contributed by atoms with E-state index in [9.17, 15) is 14.4 Å². The Morgan fingerprint density at radius 2 is 1.72 bits per heavy atom.